The Hall–Kier alpha value is -2.27. The first-order chi connectivity index (χ1) is 9.66. The molecule has 100 valence electrons. The molecular weight excluding hydrogens is 270 g/mol. The van der Waals surface area contributed by atoms with Gasteiger partial charge in [0.2, 0.25) is 0 Å². The highest BCUT2D eigenvalue weighted by Gasteiger charge is 2.06. The van der Waals surface area contributed by atoms with E-state index in [9.17, 15) is 4.79 Å². The molecule has 0 bridgehead atoms. The van der Waals surface area contributed by atoms with Gasteiger partial charge in [-0.1, -0.05) is 12.1 Å². The molecule has 3 rings (SSSR count). The number of rotatable bonds is 2. The third-order valence-electron chi connectivity index (χ3n) is 3.11. The molecule has 0 fully saturated rings. The van der Waals surface area contributed by atoms with Crippen molar-refractivity contribution < 1.29 is 0 Å². The Morgan fingerprint density at radius 2 is 2.05 bits per heavy atom. The number of para-hydroxylation sites is 1. The van der Waals surface area contributed by atoms with E-state index in [4.69, 9.17) is 0 Å². The van der Waals surface area contributed by atoms with Gasteiger partial charge in [0, 0.05) is 0 Å². The largest absolute Gasteiger partial charge is 0.282 e. The predicted molar refractivity (Wildman–Crippen MR) is 82.8 cm³/mol. The third-order valence-corrected chi connectivity index (χ3v) is 4.06. The van der Waals surface area contributed by atoms with Crippen LogP contribution in [0.1, 0.15) is 16.3 Å². The molecule has 5 heteroatoms. The quantitative estimate of drug-likeness (QED) is 0.679. The molecule has 4 nitrogen and oxygen atoms in total. The topological polar surface area (TPSA) is 47.2 Å². The number of hydrogen-bond acceptors (Lipinski definition) is 4. The van der Waals surface area contributed by atoms with Crippen molar-refractivity contribution in [2.45, 2.75) is 13.8 Å². The average molecular weight is 283 g/mol. The fraction of sp³-hybridized carbons (Fsp3) is 0.133. The van der Waals surface area contributed by atoms with Crippen molar-refractivity contribution in [1.82, 2.24) is 9.66 Å². The highest BCUT2D eigenvalue weighted by molar-refractivity contribution is 7.11. The van der Waals surface area contributed by atoms with Gasteiger partial charge in [0.15, 0.2) is 0 Å². The first kappa shape index (κ1) is 12.7. The minimum atomic E-state index is -0.140. The number of benzene rings is 1. The molecule has 0 spiro atoms. The number of thiophene rings is 1. The Bertz CT molecular complexity index is 861. The Labute approximate surface area is 120 Å². The maximum absolute atomic E-state index is 12.4. The lowest BCUT2D eigenvalue weighted by atomic mass is 10.2. The molecule has 0 unspecified atom stereocenters. The van der Waals surface area contributed by atoms with E-state index in [1.54, 1.807) is 30.5 Å². The second-order valence-corrected chi connectivity index (χ2v) is 5.45. The fourth-order valence-corrected chi connectivity index (χ4v) is 2.78. The molecule has 1 aromatic carbocycles. The summed E-state index contributed by atoms with van der Waals surface area (Å²) >= 11 is 1.60. The van der Waals surface area contributed by atoms with Crippen LogP contribution in [0.25, 0.3) is 10.9 Å². The highest BCUT2D eigenvalue weighted by Crippen LogP contribution is 2.13. The maximum Gasteiger partial charge on any atom is 0.282 e. The summed E-state index contributed by atoms with van der Waals surface area (Å²) in [7, 11) is 0. The normalized spacial score (nSPS) is 11.5. The van der Waals surface area contributed by atoms with Crippen LogP contribution in [0.4, 0.5) is 0 Å². The minimum absolute atomic E-state index is 0.140. The van der Waals surface area contributed by atoms with Gasteiger partial charge in [0.1, 0.15) is 5.82 Å². The smallest absolute Gasteiger partial charge is 0.267 e. The summed E-state index contributed by atoms with van der Waals surface area (Å²) in [5, 5.41) is 6.87. The molecular formula is C15H13N3OS. The van der Waals surface area contributed by atoms with Gasteiger partial charge in [-0.05, 0) is 43.0 Å². The molecule has 0 atom stereocenters. The van der Waals surface area contributed by atoms with Crippen molar-refractivity contribution in [3.63, 3.8) is 0 Å². The van der Waals surface area contributed by atoms with Crippen LogP contribution < -0.4 is 5.56 Å². The first-order valence-corrected chi connectivity index (χ1v) is 7.11. The van der Waals surface area contributed by atoms with E-state index in [-0.39, 0.29) is 5.56 Å². The number of aryl methyl sites for hydroxylation is 2. The molecule has 0 aliphatic rings. The Morgan fingerprint density at radius 3 is 2.80 bits per heavy atom. The zero-order valence-electron chi connectivity index (χ0n) is 11.2. The molecule has 2 heterocycles. The first-order valence-electron chi connectivity index (χ1n) is 6.23. The van der Waals surface area contributed by atoms with Crippen molar-refractivity contribution in [2.24, 2.45) is 5.10 Å². The van der Waals surface area contributed by atoms with E-state index in [1.807, 2.05) is 36.6 Å². The molecule has 0 saturated carbocycles. The van der Waals surface area contributed by atoms with Crippen LogP contribution >= 0.6 is 11.3 Å². The van der Waals surface area contributed by atoms with Crippen LogP contribution in [0.2, 0.25) is 0 Å². The lowest BCUT2D eigenvalue weighted by molar-refractivity contribution is 0.771. The molecule has 2 aromatic heterocycles. The van der Waals surface area contributed by atoms with Crippen LogP contribution in [0, 0.1) is 13.8 Å². The van der Waals surface area contributed by atoms with Crippen LogP contribution in [-0.2, 0) is 0 Å². The summed E-state index contributed by atoms with van der Waals surface area (Å²) in [5.41, 5.74) is 1.71. The lowest BCUT2D eigenvalue weighted by Crippen LogP contribution is -2.20. The zero-order chi connectivity index (χ0) is 14.1. The van der Waals surface area contributed by atoms with E-state index in [1.165, 1.54) is 4.68 Å². The van der Waals surface area contributed by atoms with E-state index in [2.05, 4.69) is 10.1 Å². The van der Waals surface area contributed by atoms with E-state index >= 15 is 0 Å². The second-order valence-electron chi connectivity index (χ2n) is 4.51. The standard InChI is InChI=1S/C15H13N3OS/c1-10-7-8-20-14(10)9-16-18-11(2)17-13-6-4-3-5-12(13)15(18)19/h3-9H,1-2H3/b16-9-. The SMILES string of the molecule is Cc1ccsc1/C=N\n1c(C)nc2ccccc2c1=O. The van der Waals surface area contributed by atoms with E-state index < -0.39 is 0 Å². The van der Waals surface area contributed by atoms with Crippen LogP contribution in [0.5, 0.6) is 0 Å². The van der Waals surface area contributed by atoms with Gasteiger partial charge < -0.3 is 0 Å². The Balaban J connectivity index is 2.15. The van der Waals surface area contributed by atoms with Gasteiger partial charge in [0.25, 0.3) is 5.56 Å². The molecule has 0 amide bonds. The average Bonchev–Trinajstić information content (AvgIpc) is 2.84. The Kier molecular flexibility index (Phi) is 3.20. The van der Waals surface area contributed by atoms with Gasteiger partial charge in [0.05, 0.1) is 22.0 Å². The molecule has 0 N–H and O–H groups in total. The number of fused-ring (bicyclic) bond motifs is 1. The van der Waals surface area contributed by atoms with Crippen molar-refractivity contribution in [3.8, 4) is 0 Å². The summed E-state index contributed by atoms with van der Waals surface area (Å²) in [6.45, 7) is 3.80. The number of nitrogens with zero attached hydrogens (tertiary/aromatic N) is 3. The number of aromatic nitrogens is 2. The zero-order valence-corrected chi connectivity index (χ0v) is 12.0. The van der Waals surface area contributed by atoms with Crippen LogP contribution in [0.3, 0.4) is 0 Å². The summed E-state index contributed by atoms with van der Waals surface area (Å²) in [6.07, 6.45) is 1.71. The molecule has 0 saturated heterocycles. The predicted octanol–water partition coefficient (Wildman–Crippen LogP) is 2.96. The van der Waals surface area contributed by atoms with E-state index in [0.29, 0.717) is 16.7 Å². The number of hydrogen-bond donors (Lipinski definition) is 0. The minimum Gasteiger partial charge on any atom is -0.267 e. The molecule has 20 heavy (non-hydrogen) atoms. The highest BCUT2D eigenvalue weighted by atomic mass is 32.1. The van der Waals surface area contributed by atoms with E-state index in [0.717, 1.165) is 10.4 Å². The van der Waals surface area contributed by atoms with Gasteiger partial charge in [-0.3, -0.25) is 4.79 Å². The van der Waals surface area contributed by atoms with Crippen molar-refractivity contribution in [2.75, 3.05) is 0 Å². The van der Waals surface area contributed by atoms with Gasteiger partial charge in [-0.2, -0.15) is 9.78 Å². The molecule has 0 radical (unpaired) electrons. The van der Waals surface area contributed by atoms with Crippen LogP contribution in [0.15, 0.2) is 45.6 Å². The summed E-state index contributed by atoms with van der Waals surface area (Å²) in [5.74, 6) is 0.583. The summed E-state index contributed by atoms with van der Waals surface area (Å²) in [6, 6.07) is 9.34. The molecule has 3 aromatic rings. The summed E-state index contributed by atoms with van der Waals surface area (Å²) < 4.78 is 1.35. The van der Waals surface area contributed by atoms with Crippen molar-refractivity contribution >= 4 is 28.5 Å². The van der Waals surface area contributed by atoms with Crippen molar-refractivity contribution in [1.29, 1.82) is 0 Å². The fourth-order valence-electron chi connectivity index (χ4n) is 2.00. The second kappa shape index (κ2) is 5.02. The molecule has 0 aliphatic carbocycles. The van der Waals surface area contributed by atoms with Gasteiger partial charge >= 0.3 is 0 Å². The van der Waals surface area contributed by atoms with Gasteiger partial charge in [-0.25, -0.2) is 4.98 Å². The third kappa shape index (κ3) is 2.16. The Morgan fingerprint density at radius 1 is 1.25 bits per heavy atom. The maximum atomic E-state index is 12.4. The molecule has 0 aliphatic heterocycles. The monoisotopic (exact) mass is 283 g/mol. The van der Waals surface area contributed by atoms with Crippen molar-refractivity contribution in [3.05, 3.63) is 62.3 Å². The lowest BCUT2D eigenvalue weighted by Gasteiger charge is -2.04. The van der Waals surface area contributed by atoms with Crippen LogP contribution in [-0.4, -0.2) is 15.9 Å². The summed E-state index contributed by atoms with van der Waals surface area (Å²) in [4.78, 5) is 17.9. The van der Waals surface area contributed by atoms with Gasteiger partial charge in [-0.15, -0.1) is 11.3 Å².